The van der Waals surface area contributed by atoms with E-state index < -0.39 is 26.6 Å². The zero-order valence-corrected chi connectivity index (χ0v) is 53.8. The van der Waals surface area contributed by atoms with Crippen LogP contribution in [0, 0.1) is 0 Å². The molecule has 1 amide bonds. The Morgan fingerprint density at radius 2 is 0.790 bits per heavy atom. The molecule has 0 aliphatic carbocycles. The highest BCUT2D eigenvalue weighted by Gasteiger charge is 2.27. The SMILES string of the molecule is CC/C=C\C/C=C\C/C=C\C/C=C\C/C=C\C/C=C\CCCCCCCCC(=O)NC(COP(=O)([O-])OCC[N+](C)(C)C)C(/C=C\CCCCCCCCCCC)OC(=O)CCCCCCCC/C=C\C/C=C\C/C=C\CCCCC. The number of unbranched alkanes of at least 4 members (excludes halogenated alkanes) is 24. The number of rotatable bonds is 58. The van der Waals surface area contributed by atoms with Crippen LogP contribution in [0.4, 0.5) is 0 Å². The van der Waals surface area contributed by atoms with Gasteiger partial charge in [0.15, 0.2) is 0 Å². The summed E-state index contributed by atoms with van der Waals surface area (Å²) < 4.78 is 30.3. The first-order chi connectivity index (χ1) is 39.4. The van der Waals surface area contributed by atoms with Gasteiger partial charge in [-0.15, -0.1) is 0 Å². The molecule has 0 saturated carbocycles. The summed E-state index contributed by atoms with van der Waals surface area (Å²) in [5, 5.41) is 3.02. The summed E-state index contributed by atoms with van der Waals surface area (Å²) in [7, 11) is 1.15. The lowest BCUT2D eigenvalue weighted by Gasteiger charge is -2.30. The maximum absolute atomic E-state index is 13.6. The lowest BCUT2D eigenvalue weighted by molar-refractivity contribution is -0.870. The number of ether oxygens (including phenoxy) is 1. The van der Waals surface area contributed by atoms with Crippen LogP contribution in [-0.2, 0) is 27.9 Å². The lowest BCUT2D eigenvalue weighted by atomic mass is 10.1. The van der Waals surface area contributed by atoms with Gasteiger partial charge in [0.1, 0.15) is 19.3 Å². The average Bonchev–Trinajstić information content (AvgIpc) is 3.44. The van der Waals surface area contributed by atoms with Gasteiger partial charge in [-0.3, -0.25) is 14.2 Å². The Morgan fingerprint density at radius 1 is 0.444 bits per heavy atom. The molecule has 3 atom stereocenters. The number of carbonyl (C=O) groups is 2. The number of likely N-dealkylation sites (N-methyl/N-ethyl adjacent to an activating group) is 1. The molecule has 0 saturated heterocycles. The number of phosphoric ester groups is 1. The van der Waals surface area contributed by atoms with Crippen LogP contribution in [0.15, 0.2) is 122 Å². The minimum absolute atomic E-state index is 0.0342. The van der Waals surface area contributed by atoms with Gasteiger partial charge in [-0.05, 0) is 122 Å². The average molecular weight is 1150 g/mol. The van der Waals surface area contributed by atoms with Gasteiger partial charge < -0.3 is 28.5 Å². The van der Waals surface area contributed by atoms with Crippen molar-refractivity contribution in [3.63, 3.8) is 0 Å². The molecule has 464 valence electrons. The first-order valence-electron chi connectivity index (χ1n) is 32.8. The topological polar surface area (TPSA) is 114 Å². The Bertz CT molecular complexity index is 1800. The summed E-state index contributed by atoms with van der Waals surface area (Å²) in [5.74, 6) is -0.579. The van der Waals surface area contributed by atoms with E-state index in [4.69, 9.17) is 13.8 Å². The summed E-state index contributed by atoms with van der Waals surface area (Å²) in [6, 6.07) is -0.911. The molecular formula is C71H123N2O7P. The fourth-order valence-electron chi connectivity index (χ4n) is 8.83. The van der Waals surface area contributed by atoms with Gasteiger partial charge in [-0.2, -0.15) is 0 Å². The maximum Gasteiger partial charge on any atom is 0.306 e. The summed E-state index contributed by atoms with van der Waals surface area (Å²) in [6.45, 7) is 6.67. The highest BCUT2D eigenvalue weighted by Crippen LogP contribution is 2.38. The van der Waals surface area contributed by atoms with Crippen molar-refractivity contribution < 1.29 is 37.3 Å². The molecular weight excluding hydrogens is 1020 g/mol. The zero-order valence-electron chi connectivity index (χ0n) is 52.9. The summed E-state index contributed by atoms with van der Waals surface area (Å²) in [5.41, 5.74) is 0. The molecule has 0 spiro atoms. The number of allylic oxidation sites excluding steroid dienone is 19. The molecule has 0 aromatic carbocycles. The molecule has 0 radical (unpaired) electrons. The van der Waals surface area contributed by atoms with Gasteiger partial charge in [0.25, 0.3) is 7.82 Å². The molecule has 0 rings (SSSR count). The van der Waals surface area contributed by atoms with Crippen molar-refractivity contribution in [3.05, 3.63) is 122 Å². The number of phosphoric acid groups is 1. The Morgan fingerprint density at radius 3 is 1.21 bits per heavy atom. The van der Waals surface area contributed by atoms with E-state index in [2.05, 4.69) is 135 Å². The molecule has 9 nitrogen and oxygen atoms in total. The van der Waals surface area contributed by atoms with Crippen LogP contribution in [0.25, 0.3) is 0 Å². The first kappa shape index (κ1) is 77.4. The predicted molar refractivity (Wildman–Crippen MR) is 348 cm³/mol. The van der Waals surface area contributed by atoms with E-state index in [1.807, 2.05) is 33.3 Å². The molecule has 0 heterocycles. The number of carbonyl (C=O) groups excluding carboxylic acids is 2. The van der Waals surface area contributed by atoms with Crippen molar-refractivity contribution in [2.45, 2.75) is 277 Å². The zero-order chi connectivity index (χ0) is 59.3. The first-order valence-corrected chi connectivity index (χ1v) is 34.3. The van der Waals surface area contributed by atoms with Gasteiger partial charge in [-0.25, -0.2) is 0 Å². The summed E-state index contributed by atoms with van der Waals surface area (Å²) >= 11 is 0. The van der Waals surface area contributed by atoms with E-state index in [1.165, 1.54) is 70.6 Å². The third-order valence-electron chi connectivity index (χ3n) is 13.9. The molecule has 0 aromatic heterocycles. The quantitative estimate of drug-likeness (QED) is 0.0212. The van der Waals surface area contributed by atoms with E-state index in [0.717, 1.165) is 148 Å². The van der Waals surface area contributed by atoms with Gasteiger partial charge in [-0.1, -0.05) is 252 Å². The molecule has 3 unspecified atom stereocenters. The maximum atomic E-state index is 13.6. The third kappa shape index (κ3) is 60.8. The van der Waals surface area contributed by atoms with Crippen molar-refractivity contribution in [2.24, 2.45) is 0 Å². The predicted octanol–water partition coefficient (Wildman–Crippen LogP) is 20.0. The van der Waals surface area contributed by atoms with Crippen molar-refractivity contribution in [2.75, 3.05) is 40.9 Å². The number of nitrogens with one attached hydrogen (secondary N) is 1. The standard InChI is InChI=1S/C71H123N2O7P/c1-7-10-13-16-19-22-25-27-29-31-33-34-35-36-37-38-40-41-43-45-48-51-54-57-60-63-70(74)72-68(67-79-81(76,77)78-66-65-73(4,5)6)69(62-59-56-53-50-47-24-21-18-15-12-9-3)80-71(75)64-61-58-55-52-49-46-44-42-39-32-30-28-26-23-20-17-14-11-8-2/h10,13,19-20,22-23,27-30,33-34,36-37,39-42,59,62,68-69H,7-9,11-12,14-18,21,24-26,31-32,35,38,43-58,60-61,63-67H2,1-6H3,(H-,72,74,76,77)/b13-10-,22-19-,23-20-,29-27-,30-28-,34-33-,37-36-,41-40-,42-39-,62-59-. The molecule has 0 bridgehead atoms. The van der Waals surface area contributed by atoms with Crippen LogP contribution in [0.1, 0.15) is 265 Å². The normalized spacial score (nSPS) is 14.4. The van der Waals surface area contributed by atoms with Gasteiger partial charge in [0, 0.05) is 12.8 Å². The van der Waals surface area contributed by atoms with E-state index in [-0.39, 0.29) is 31.3 Å². The second kappa shape index (κ2) is 59.6. The molecule has 0 aliphatic heterocycles. The molecule has 1 N–H and O–H groups in total. The molecule has 10 heteroatoms. The largest absolute Gasteiger partial charge is 0.756 e. The van der Waals surface area contributed by atoms with Crippen molar-refractivity contribution in [3.8, 4) is 0 Å². The second-order valence-electron chi connectivity index (χ2n) is 22.9. The molecule has 0 aromatic rings. The van der Waals surface area contributed by atoms with Gasteiger partial charge >= 0.3 is 5.97 Å². The van der Waals surface area contributed by atoms with Crippen molar-refractivity contribution >= 4 is 19.7 Å². The Labute approximate surface area is 499 Å². The van der Waals surface area contributed by atoms with Crippen LogP contribution < -0.4 is 10.2 Å². The fraction of sp³-hybridized carbons (Fsp3) is 0.690. The van der Waals surface area contributed by atoms with E-state index in [0.29, 0.717) is 23.9 Å². The van der Waals surface area contributed by atoms with E-state index in [1.54, 1.807) is 0 Å². The van der Waals surface area contributed by atoms with E-state index in [9.17, 15) is 19.0 Å². The summed E-state index contributed by atoms with van der Waals surface area (Å²) in [6.07, 6.45) is 83.1. The minimum atomic E-state index is -4.72. The number of hydrogen-bond acceptors (Lipinski definition) is 7. The Kier molecular flexibility index (Phi) is 56.9. The molecule has 0 fully saturated rings. The highest BCUT2D eigenvalue weighted by atomic mass is 31.2. The van der Waals surface area contributed by atoms with Gasteiger partial charge in [0.2, 0.25) is 5.91 Å². The Balaban J connectivity index is 5.20. The monoisotopic (exact) mass is 1150 g/mol. The number of quaternary nitrogens is 1. The summed E-state index contributed by atoms with van der Waals surface area (Å²) in [4.78, 5) is 40.1. The van der Waals surface area contributed by atoms with E-state index >= 15 is 0 Å². The number of amides is 1. The third-order valence-corrected chi connectivity index (χ3v) is 14.8. The van der Waals surface area contributed by atoms with Crippen LogP contribution in [0.5, 0.6) is 0 Å². The van der Waals surface area contributed by atoms with Crippen LogP contribution in [0.3, 0.4) is 0 Å². The molecule has 0 aliphatic rings. The second-order valence-corrected chi connectivity index (χ2v) is 24.3. The lowest BCUT2D eigenvalue weighted by Crippen LogP contribution is -2.47. The number of nitrogens with zero attached hydrogens (tertiary/aromatic N) is 1. The minimum Gasteiger partial charge on any atom is -0.756 e. The number of hydrogen-bond donors (Lipinski definition) is 1. The molecule has 81 heavy (non-hydrogen) atoms. The fourth-order valence-corrected chi connectivity index (χ4v) is 9.55. The van der Waals surface area contributed by atoms with Crippen molar-refractivity contribution in [1.82, 2.24) is 5.32 Å². The van der Waals surface area contributed by atoms with Crippen molar-refractivity contribution in [1.29, 1.82) is 0 Å². The number of esters is 1. The highest BCUT2D eigenvalue weighted by molar-refractivity contribution is 7.45. The van der Waals surface area contributed by atoms with Gasteiger partial charge in [0.05, 0.1) is 33.8 Å². The van der Waals surface area contributed by atoms with Crippen LogP contribution in [-0.4, -0.2) is 69.4 Å². The van der Waals surface area contributed by atoms with Crippen LogP contribution in [0.2, 0.25) is 0 Å². The smallest absolute Gasteiger partial charge is 0.306 e. The Hall–Kier alpha value is -3.59. The van der Waals surface area contributed by atoms with Crippen LogP contribution >= 0.6 is 7.82 Å².